The lowest BCUT2D eigenvalue weighted by atomic mass is 10.1. The Kier molecular flexibility index (Phi) is 5.96. The van der Waals surface area contributed by atoms with Gasteiger partial charge in [-0.2, -0.15) is 0 Å². The van der Waals surface area contributed by atoms with Gasteiger partial charge in [-0.05, 0) is 55.0 Å². The molecule has 28 heavy (non-hydrogen) atoms. The van der Waals surface area contributed by atoms with E-state index in [1.54, 1.807) is 42.5 Å². The van der Waals surface area contributed by atoms with Crippen LogP contribution in [-0.2, 0) is 9.59 Å². The number of anilines is 1. The van der Waals surface area contributed by atoms with E-state index >= 15 is 0 Å². The zero-order chi connectivity index (χ0) is 20.3. The van der Waals surface area contributed by atoms with Crippen LogP contribution in [0.1, 0.15) is 12.5 Å². The Balaban J connectivity index is 1.98. The second-order valence-corrected chi connectivity index (χ2v) is 6.58. The minimum atomic E-state index is -0.570. The summed E-state index contributed by atoms with van der Waals surface area (Å²) in [5.74, 6) is -0.00718. The summed E-state index contributed by atoms with van der Waals surface area (Å²) >= 11 is 11.3. The van der Waals surface area contributed by atoms with Crippen LogP contribution in [0.4, 0.5) is 5.69 Å². The van der Waals surface area contributed by atoms with Crippen LogP contribution in [0.25, 0.3) is 6.08 Å². The van der Waals surface area contributed by atoms with Crippen molar-refractivity contribution in [2.45, 2.75) is 6.92 Å². The molecule has 3 rings (SSSR count). The molecular weight excluding hydrogens is 400 g/mol. The van der Waals surface area contributed by atoms with Crippen molar-refractivity contribution in [2.24, 2.45) is 0 Å². The maximum Gasteiger partial charge on any atom is 0.270 e. The van der Waals surface area contributed by atoms with Crippen molar-refractivity contribution in [1.29, 1.82) is 0 Å². The van der Waals surface area contributed by atoms with Crippen molar-refractivity contribution >= 4 is 52.5 Å². The van der Waals surface area contributed by atoms with Gasteiger partial charge in [-0.3, -0.25) is 19.8 Å². The van der Waals surface area contributed by atoms with Crippen LogP contribution in [0.2, 0.25) is 5.02 Å². The normalized spacial score (nSPS) is 15.6. The number of carbonyl (C=O) groups is 2. The predicted molar refractivity (Wildman–Crippen MR) is 112 cm³/mol. The maximum absolute atomic E-state index is 13.0. The van der Waals surface area contributed by atoms with E-state index in [2.05, 4.69) is 5.32 Å². The van der Waals surface area contributed by atoms with Gasteiger partial charge in [-0.25, -0.2) is 0 Å². The molecule has 2 amide bonds. The van der Waals surface area contributed by atoms with Crippen LogP contribution in [0.15, 0.2) is 48.0 Å². The molecule has 0 aromatic heterocycles. The lowest BCUT2D eigenvalue weighted by Crippen LogP contribution is -2.54. The first-order valence-corrected chi connectivity index (χ1v) is 9.21. The molecular formula is C20H17ClN2O4S. The maximum atomic E-state index is 13.0. The Morgan fingerprint density at radius 3 is 2.68 bits per heavy atom. The fourth-order valence-corrected chi connectivity index (χ4v) is 3.26. The summed E-state index contributed by atoms with van der Waals surface area (Å²) in [6, 6.07) is 11.9. The molecule has 1 N–H and O–H groups in total. The Hall–Kier alpha value is -2.90. The number of nitrogens with one attached hydrogen (secondary N) is 1. The molecule has 0 saturated carbocycles. The van der Waals surface area contributed by atoms with E-state index in [1.807, 2.05) is 6.92 Å². The number of ether oxygens (including phenoxy) is 2. The molecule has 0 bridgehead atoms. The highest BCUT2D eigenvalue weighted by atomic mass is 35.5. The zero-order valence-corrected chi connectivity index (χ0v) is 16.8. The summed E-state index contributed by atoms with van der Waals surface area (Å²) in [6.07, 6.45) is 1.46. The summed E-state index contributed by atoms with van der Waals surface area (Å²) in [5, 5.41) is 2.93. The predicted octanol–water partition coefficient (Wildman–Crippen LogP) is 3.58. The Bertz CT molecular complexity index is 990. The first kappa shape index (κ1) is 19.9. The van der Waals surface area contributed by atoms with Crippen LogP contribution in [0.3, 0.4) is 0 Å². The molecule has 0 spiro atoms. The largest absolute Gasteiger partial charge is 0.495 e. The molecule has 0 aliphatic carbocycles. The van der Waals surface area contributed by atoms with Crippen molar-refractivity contribution in [1.82, 2.24) is 5.32 Å². The van der Waals surface area contributed by atoms with Crippen LogP contribution in [0.5, 0.6) is 11.5 Å². The highest BCUT2D eigenvalue weighted by molar-refractivity contribution is 7.80. The van der Waals surface area contributed by atoms with Gasteiger partial charge >= 0.3 is 0 Å². The highest BCUT2D eigenvalue weighted by Gasteiger charge is 2.34. The molecule has 1 fully saturated rings. The van der Waals surface area contributed by atoms with Crippen molar-refractivity contribution < 1.29 is 19.1 Å². The van der Waals surface area contributed by atoms with Crippen molar-refractivity contribution in [3.8, 4) is 11.5 Å². The van der Waals surface area contributed by atoms with Crippen molar-refractivity contribution in [3.63, 3.8) is 0 Å². The quantitative estimate of drug-likeness (QED) is 0.458. The van der Waals surface area contributed by atoms with Gasteiger partial charge < -0.3 is 9.47 Å². The lowest BCUT2D eigenvalue weighted by molar-refractivity contribution is -0.122. The number of rotatable bonds is 5. The fraction of sp³-hybridized carbons (Fsp3) is 0.150. The van der Waals surface area contributed by atoms with Crippen molar-refractivity contribution in [3.05, 3.63) is 58.6 Å². The number of hydrogen-bond acceptors (Lipinski definition) is 5. The van der Waals surface area contributed by atoms with Gasteiger partial charge in [-0.1, -0.05) is 23.7 Å². The van der Waals surface area contributed by atoms with E-state index in [0.717, 1.165) is 0 Å². The first-order valence-electron chi connectivity index (χ1n) is 8.42. The second kappa shape index (κ2) is 8.41. The molecule has 8 heteroatoms. The van der Waals surface area contributed by atoms with Gasteiger partial charge in [0, 0.05) is 6.07 Å². The third-order valence-corrected chi connectivity index (χ3v) is 4.56. The Morgan fingerprint density at radius 1 is 1.21 bits per heavy atom. The van der Waals surface area contributed by atoms with E-state index < -0.39 is 11.8 Å². The van der Waals surface area contributed by atoms with Gasteiger partial charge in [0.2, 0.25) is 0 Å². The molecule has 1 aliphatic heterocycles. The fourth-order valence-electron chi connectivity index (χ4n) is 2.71. The topological polar surface area (TPSA) is 67.9 Å². The molecule has 0 radical (unpaired) electrons. The molecule has 144 valence electrons. The molecule has 0 unspecified atom stereocenters. The number of benzene rings is 2. The van der Waals surface area contributed by atoms with Gasteiger partial charge in [0.15, 0.2) is 5.11 Å². The minimum Gasteiger partial charge on any atom is -0.495 e. The third kappa shape index (κ3) is 4.00. The van der Waals surface area contributed by atoms with E-state index in [4.69, 9.17) is 33.3 Å². The smallest absolute Gasteiger partial charge is 0.270 e. The van der Waals surface area contributed by atoms with Crippen LogP contribution < -0.4 is 19.7 Å². The third-order valence-electron chi connectivity index (χ3n) is 3.98. The first-order chi connectivity index (χ1) is 13.4. The number of halogens is 1. The van der Waals surface area contributed by atoms with E-state index in [-0.39, 0.29) is 10.7 Å². The standard InChI is InChI=1S/C20H17ClN2O4S/c1-3-27-14-6-4-5-13(11-14)23-19(25)15(18(24)22-20(23)28)9-12-7-8-17(26-2)16(21)10-12/h4-11H,3H2,1-2H3,(H,22,24,28). The number of nitrogens with zero attached hydrogens (tertiary/aromatic N) is 1. The number of hydrogen-bond donors (Lipinski definition) is 1. The second-order valence-electron chi connectivity index (χ2n) is 5.78. The van der Waals surface area contributed by atoms with E-state index in [1.165, 1.54) is 18.1 Å². The molecule has 1 aliphatic rings. The molecule has 1 saturated heterocycles. The van der Waals surface area contributed by atoms with Crippen LogP contribution in [0, 0.1) is 0 Å². The monoisotopic (exact) mass is 416 g/mol. The number of methoxy groups -OCH3 is 1. The molecule has 2 aromatic rings. The number of amides is 2. The average molecular weight is 417 g/mol. The van der Waals surface area contributed by atoms with Gasteiger partial charge in [0.05, 0.1) is 24.4 Å². The number of carbonyl (C=O) groups excluding carboxylic acids is 2. The van der Waals surface area contributed by atoms with Gasteiger partial charge in [0.1, 0.15) is 17.1 Å². The summed E-state index contributed by atoms with van der Waals surface area (Å²) < 4.78 is 10.6. The minimum absolute atomic E-state index is 0.00793. The molecule has 1 heterocycles. The van der Waals surface area contributed by atoms with E-state index in [9.17, 15) is 9.59 Å². The highest BCUT2D eigenvalue weighted by Crippen LogP contribution is 2.28. The summed E-state index contributed by atoms with van der Waals surface area (Å²) in [6.45, 7) is 2.35. The molecule has 6 nitrogen and oxygen atoms in total. The lowest BCUT2D eigenvalue weighted by Gasteiger charge is -2.29. The molecule has 0 atom stereocenters. The van der Waals surface area contributed by atoms with Crippen LogP contribution in [-0.4, -0.2) is 30.6 Å². The van der Waals surface area contributed by atoms with Gasteiger partial charge in [0.25, 0.3) is 11.8 Å². The number of thiocarbonyl (C=S) groups is 1. The van der Waals surface area contributed by atoms with Crippen molar-refractivity contribution in [2.75, 3.05) is 18.6 Å². The van der Waals surface area contributed by atoms with Crippen LogP contribution >= 0.6 is 23.8 Å². The van der Waals surface area contributed by atoms with Gasteiger partial charge in [-0.15, -0.1) is 0 Å². The Labute approximate surface area is 172 Å². The summed E-state index contributed by atoms with van der Waals surface area (Å²) in [7, 11) is 1.51. The Morgan fingerprint density at radius 2 is 2.00 bits per heavy atom. The summed E-state index contributed by atoms with van der Waals surface area (Å²) in [5.41, 5.74) is 1.02. The molecule has 2 aromatic carbocycles. The SMILES string of the molecule is CCOc1cccc(N2C(=O)C(=Cc3ccc(OC)c(Cl)c3)C(=O)NC2=S)c1. The summed E-state index contributed by atoms with van der Waals surface area (Å²) in [4.78, 5) is 26.7. The zero-order valence-electron chi connectivity index (χ0n) is 15.2. The van der Waals surface area contributed by atoms with E-state index in [0.29, 0.717) is 34.4 Å². The average Bonchev–Trinajstić information content (AvgIpc) is 2.66.